The van der Waals surface area contributed by atoms with Gasteiger partial charge in [0.15, 0.2) is 0 Å². The highest BCUT2D eigenvalue weighted by Crippen LogP contribution is 2.28. The topological polar surface area (TPSA) is 76.1 Å². The minimum absolute atomic E-state index is 0.0837. The van der Waals surface area contributed by atoms with Crippen molar-refractivity contribution >= 4 is 17.7 Å². The van der Waals surface area contributed by atoms with E-state index in [-0.39, 0.29) is 18.4 Å². The van der Waals surface area contributed by atoms with Crippen molar-refractivity contribution in [3.05, 3.63) is 29.3 Å². The number of likely N-dealkylation sites (N-methyl/N-ethyl adjacent to an activating group) is 1. The summed E-state index contributed by atoms with van der Waals surface area (Å²) in [4.78, 5) is 30.8. The molecule has 0 bridgehead atoms. The van der Waals surface area contributed by atoms with Crippen molar-refractivity contribution in [1.29, 1.82) is 0 Å². The molecular formula is C22H34N4O3. The number of piperidine rings is 1. The molecule has 2 aliphatic rings. The molecule has 0 unspecified atom stereocenters. The van der Waals surface area contributed by atoms with Gasteiger partial charge < -0.3 is 20.2 Å². The number of likely N-dealkylation sites (tertiary alicyclic amines) is 1. The number of aryl methyl sites for hydroxylation is 2. The van der Waals surface area contributed by atoms with E-state index in [0.29, 0.717) is 25.6 Å². The minimum atomic E-state index is -0.765. The second kappa shape index (κ2) is 9.59. The standard InChI is InChI=1S/C22H34N4O3/c1-16-5-4-6-17(2)21(16)23-22(29)26-10-9-19(18(15-26)7-8-20(27)28)25-13-11-24(3)12-14-25/h4-6,18-19H,7-15H2,1-3H3,(H,23,29)(H,27,28)/t18-,19+/m1/s1. The second-order valence-corrected chi connectivity index (χ2v) is 8.53. The molecule has 0 aromatic heterocycles. The van der Waals surface area contributed by atoms with Crippen LogP contribution in [0, 0.1) is 19.8 Å². The fourth-order valence-electron chi connectivity index (χ4n) is 4.63. The Morgan fingerprint density at radius 1 is 1.10 bits per heavy atom. The first kappa shape index (κ1) is 21.6. The van der Waals surface area contributed by atoms with Crippen molar-refractivity contribution in [1.82, 2.24) is 14.7 Å². The van der Waals surface area contributed by atoms with Gasteiger partial charge in [0.2, 0.25) is 0 Å². The van der Waals surface area contributed by atoms with Crippen LogP contribution in [0.5, 0.6) is 0 Å². The Hall–Kier alpha value is -2.12. The van der Waals surface area contributed by atoms with Crippen LogP contribution < -0.4 is 5.32 Å². The Bertz CT molecular complexity index is 711. The smallest absolute Gasteiger partial charge is 0.321 e. The third kappa shape index (κ3) is 5.48. The van der Waals surface area contributed by atoms with E-state index in [0.717, 1.165) is 49.4 Å². The molecule has 0 radical (unpaired) electrons. The number of hydrogen-bond donors (Lipinski definition) is 2. The van der Waals surface area contributed by atoms with E-state index in [4.69, 9.17) is 0 Å². The van der Waals surface area contributed by atoms with Crippen LogP contribution in [-0.4, -0.2) is 84.2 Å². The van der Waals surface area contributed by atoms with Gasteiger partial charge in [-0.15, -0.1) is 0 Å². The minimum Gasteiger partial charge on any atom is -0.481 e. The average Bonchev–Trinajstić information content (AvgIpc) is 2.69. The lowest BCUT2D eigenvalue weighted by Crippen LogP contribution is -2.57. The summed E-state index contributed by atoms with van der Waals surface area (Å²) >= 11 is 0. The summed E-state index contributed by atoms with van der Waals surface area (Å²) in [5, 5.41) is 12.3. The van der Waals surface area contributed by atoms with Gasteiger partial charge in [-0.1, -0.05) is 18.2 Å². The van der Waals surface area contributed by atoms with Gasteiger partial charge in [0, 0.05) is 57.4 Å². The lowest BCUT2D eigenvalue weighted by Gasteiger charge is -2.46. The third-order valence-corrected chi connectivity index (χ3v) is 6.43. The number of nitrogens with one attached hydrogen (secondary N) is 1. The molecule has 2 N–H and O–H groups in total. The largest absolute Gasteiger partial charge is 0.481 e. The summed E-state index contributed by atoms with van der Waals surface area (Å²) in [5.41, 5.74) is 2.97. The van der Waals surface area contributed by atoms with E-state index in [1.165, 1.54) is 0 Å². The monoisotopic (exact) mass is 402 g/mol. The van der Waals surface area contributed by atoms with Gasteiger partial charge >= 0.3 is 12.0 Å². The first-order valence-electron chi connectivity index (χ1n) is 10.6. The van der Waals surface area contributed by atoms with Crippen LogP contribution in [0.1, 0.15) is 30.4 Å². The number of rotatable bonds is 5. The number of piperazine rings is 1. The average molecular weight is 403 g/mol. The number of carboxylic acid groups (broad SMARTS) is 1. The van der Waals surface area contributed by atoms with Crippen LogP contribution in [0.15, 0.2) is 18.2 Å². The number of amides is 2. The Morgan fingerprint density at radius 2 is 1.76 bits per heavy atom. The summed E-state index contributed by atoms with van der Waals surface area (Å²) in [6.07, 6.45) is 1.66. The maximum Gasteiger partial charge on any atom is 0.321 e. The number of para-hydroxylation sites is 1. The van der Waals surface area contributed by atoms with Crippen molar-refractivity contribution in [2.24, 2.45) is 5.92 Å². The van der Waals surface area contributed by atoms with E-state index in [1.807, 2.05) is 36.9 Å². The summed E-state index contributed by atoms with van der Waals surface area (Å²) in [7, 11) is 2.14. The van der Waals surface area contributed by atoms with E-state index < -0.39 is 5.97 Å². The summed E-state index contributed by atoms with van der Waals surface area (Å²) in [6, 6.07) is 6.26. The zero-order chi connectivity index (χ0) is 21.0. The number of urea groups is 1. The molecule has 2 amide bonds. The van der Waals surface area contributed by atoms with Crippen LogP contribution in [-0.2, 0) is 4.79 Å². The van der Waals surface area contributed by atoms with Gasteiger partial charge in [0.05, 0.1) is 0 Å². The second-order valence-electron chi connectivity index (χ2n) is 8.53. The normalized spacial score (nSPS) is 23.8. The van der Waals surface area contributed by atoms with E-state index >= 15 is 0 Å². The number of aliphatic carboxylic acids is 1. The fourth-order valence-corrected chi connectivity index (χ4v) is 4.63. The van der Waals surface area contributed by atoms with Crippen LogP contribution in [0.2, 0.25) is 0 Å². The molecule has 1 aromatic rings. The summed E-state index contributed by atoms with van der Waals surface area (Å²) in [5.74, 6) is -0.578. The van der Waals surface area contributed by atoms with Gasteiger partial charge in [0.25, 0.3) is 0 Å². The van der Waals surface area contributed by atoms with E-state index in [9.17, 15) is 14.7 Å². The zero-order valence-corrected chi connectivity index (χ0v) is 17.9. The Kier molecular flexibility index (Phi) is 7.14. The summed E-state index contributed by atoms with van der Waals surface area (Å²) < 4.78 is 0. The Balaban J connectivity index is 1.67. The van der Waals surface area contributed by atoms with E-state index in [2.05, 4.69) is 22.2 Å². The first-order valence-corrected chi connectivity index (χ1v) is 10.6. The molecule has 7 nitrogen and oxygen atoms in total. The van der Waals surface area contributed by atoms with Crippen molar-refractivity contribution in [3.8, 4) is 0 Å². The highest BCUT2D eigenvalue weighted by molar-refractivity contribution is 5.91. The maximum atomic E-state index is 13.0. The maximum absolute atomic E-state index is 13.0. The first-order chi connectivity index (χ1) is 13.8. The molecule has 0 aliphatic carbocycles. The number of anilines is 1. The van der Waals surface area contributed by atoms with Gasteiger partial charge in [-0.05, 0) is 50.8 Å². The Labute approximate surface area is 173 Å². The molecule has 29 heavy (non-hydrogen) atoms. The summed E-state index contributed by atoms with van der Waals surface area (Å²) in [6.45, 7) is 9.42. The van der Waals surface area contributed by atoms with Gasteiger partial charge in [0.1, 0.15) is 0 Å². The number of nitrogens with zero attached hydrogens (tertiary/aromatic N) is 3. The Morgan fingerprint density at radius 3 is 2.38 bits per heavy atom. The predicted octanol–water partition coefficient (Wildman–Crippen LogP) is 2.64. The van der Waals surface area contributed by atoms with Crippen molar-refractivity contribution in [3.63, 3.8) is 0 Å². The molecule has 3 rings (SSSR count). The number of carbonyl (C=O) groups excluding carboxylic acids is 1. The van der Waals surface area contributed by atoms with E-state index in [1.54, 1.807) is 0 Å². The number of benzene rings is 1. The third-order valence-electron chi connectivity index (χ3n) is 6.43. The number of hydrogen-bond acceptors (Lipinski definition) is 4. The molecular weight excluding hydrogens is 368 g/mol. The van der Waals surface area contributed by atoms with Gasteiger partial charge in [-0.3, -0.25) is 9.69 Å². The van der Waals surface area contributed by atoms with Gasteiger partial charge in [-0.25, -0.2) is 4.79 Å². The lowest BCUT2D eigenvalue weighted by molar-refractivity contribution is -0.137. The molecule has 2 heterocycles. The quantitative estimate of drug-likeness (QED) is 0.792. The molecule has 1 aromatic carbocycles. The lowest BCUT2D eigenvalue weighted by atomic mass is 9.86. The zero-order valence-electron chi connectivity index (χ0n) is 17.9. The number of carboxylic acids is 1. The highest BCUT2D eigenvalue weighted by atomic mass is 16.4. The fraction of sp³-hybridized carbons (Fsp3) is 0.636. The van der Waals surface area contributed by atoms with Gasteiger partial charge in [-0.2, -0.15) is 0 Å². The van der Waals surface area contributed by atoms with Crippen molar-refractivity contribution in [2.45, 2.75) is 39.2 Å². The van der Waals surface area contributed by atoms with Crippen LogP contribution in [0.4, 0.5) is 10.5 Å². The highest BCUT2D eigenvalue weighted by Gasteiger charge is 2.36. The van der Waals surface area contributed by atoms with Crippen molar-refractivity contribution < 1.29 is 14.7 Å². The molecule has 2 aliphatic heterocycles. The van der Waals surface area contributed by atoms with Crippen LogP contribution >= 0.6 is 0 Å². The molecule has 7 heteroatoms. The molecule has 0 spiro atoms. The SMILES string of the molecule is Cc1cccc(C)c1NC(=O)N1CC[C@H](N2CCN(C)CC2)[C@H](CCC(=O)O)C1. The molecule has 2 atom stereocenters. The van der Waals surface area contributed by atoms with Crippen LogP contribution in [0.3, 0.4) is 0 Å². The molecule has 0 saturated carbocycles. The molecule has 160 valence electrons. The number of carbonyl (C=O) groups is 2. The van der Waals surface area contributed by atoms with Crippen molar-refractivity contribution in [2.75, 3.05) is 51.6 Å². The predicted molar refractivity (Wildman–Crippen MR) is 114 cm³/mol. The van der Waals surface area contributed by atoms with Crippen LogP contribution in [0.25, 0.3) is 0 Å². The molecule has 2 fully saturated rings. The molecule has 2 saturated heterocycles.